The number of aromatic amines is 1. The van der Waals surface area contributed by atoms with Gasteiger partial charge in [0.15, 0.2) is 5.82 Å². The van der Waals surface area contributed by atoms with E-state index in [4.69, 9.17) is 0 Å². The van der Waals surface area contributed by atoms with Gasteiger partial charge in [0.2, 0.25) is 5.78 Å². The van der Waals surface area contributed by atoms with E-state index in [0.29, 0.717) is 38.9 Å². The number of aromatic nitrogens is 2. The van der Waals surface area contributed by atoms with Gasteiger partial charge in [0.05, 0.1) is 11.3 Å². The van der Waals surface area contributed by atoms with E-state index in [1.54, 1.807) is 10.8 Å². The van der Waals surface area contributed by atoms with Crippen molar-refractivity contribution in [1.29, 1.82) is 0 Å². The number of carbonyl (C=O) groups is 1. The number of pyridine rings is 1. The quantitative estimate of drug-likeness (QED) is 0.204. The predicted molar refractivity (Wildman–Crippen MR) is 116 cm³/mol. The van der Waals surface area contributed by atoms with Crippen LogP contribution in [0.25, 0.3) is 11.0 Å². The molecule has 0 saturated heterocycles. The maximum Gasteiger partial charge on any atom is 0.265 e. The summed E-state index contributed by atoms with van der Waals surface area (Å²) in [7, 11) is -4.79. The lowest BCUT2D eigenvalue weighted by atomic mass is 10.0. The minimum Gasteiger partial charge on any atom is -0.345 e. The Kier molecular flexibility index (Phi) is 5.67. The standard InChI is InChI=1S/C20H10F4IN3O3S/c21-9-1-2-13(22)16(5-9)32(30,31)28-15-4-3-14(23)17(18(15)24)19(29)12-8-27-20-11(12)6-10(25)7-26-20/h1-8,28H,(H,26,27). The fourth-order valence-corrected chi connectivity index (χ4v) is 4.62. The van der Waals surface area contributed by atoms with E-state index < -0.39 is 55.2 Å². The summed E-state index contributed by atoms with van der Waals surface area (Å²) in [4.78, 5) is 18.7. The number of carbonyl (C=O) groups excluding carboxylic acids is 1. The number of anilines is 1. The second-order valence-corrected chi connectivity index (χ2v) is 9.44. The Bertz CT molecular complexity index is 1510. The van der Waals surface area contributed by atoms with Crippen LogP contribution < -0.4 is 4.72 Å². The molecule has 0 atom stereocenters. The van der Waals surface area contributed by atoms with E-state index in [0.717, 1.165) is 6.07 Å². The van der Waals surface area contributed by atoms with Crippen LogP contribution in [0.5, 0.6) is 0 Å². The van der Waals surface area contributed by atoms with Crippen molar-refractivity contribution in [2.45, 2.75) is 4.90 Å². The number of nitrogens with one attached hydrogen (secondary N) is 2. The maximum atomic E-state index is 15.1. The first-order valence-electron chi connectivity index (χ1n) is 8.71. The minimum absolute atomic E-state index is 0.0833. The van der Waals surface area contributed by atoms with Crippen molar-refractivity contribution in [3.05, 3.63) is 86.8 Å². The molecule has 4 rings (SSSR count). The third-order valence-electron chi connectivity index (χ3n) is 4.49. The first-order valence-corrected chi connectivity index (χ1v) is 11.3. The summed E-state index contributed by atoms with van der Waals surface area (Å²) in [6, 6.07) is 4.71. The van der Waals surface area contributed by atoms with Crippen molar-refractivity contribution in [3.63, 3.8) is 0 Å². The van der Waals surface area contributed by atoms with Crippen molar-refractivity contribution in [3.8, 4) is 0 Å². The van der Waals surface area contributed by atoms with Gasteiger partial charge in [-0.25, -0.2) is 31.0 Å². The largest absolute Gasteiger partial charge is 0.345 e. The smallest absolute Gasteiger partial charge is 0.265 e. The van der Waals surface area contributed by atoms with E-state index in [-0.39, 0.29) is 5.56 Å². The summed E-state index contributed by atoms with van der Waals surface area (Å²) >= 11 is 1.95. The van der Waals surface area contributed by atoms with Crippen LogP contribution in [0.15, 0.2) is 53.7 Å². The van der Waals surface area contributed by atoms with E-state index in [9.17, 15) is 26.4 Å². The van der Waals surface area contributed by atoms with Crippen LogP contribution in [-0.2, 0) is 10.0 Å². The van der Waals surface area contributed by atoms with Gasteiger partial charge in [-0.1, -0.05) is 0 Å². The molecule has 0 spiro atoms. The Morgan fingerprint density at radius 3 is 2.50 bits per heavy atom. The molecule has 0 aliphatic rings. The summed E-state index contributed by atoms with van der Waals surface area (Å²) in [6.45, 7) is 0. The molecule has 0 amide bonds. The van der Waals surface area contributed by atoms with Crippen LogP contribution >= 0.6 is 22.6 Å². The van der Waals surface area contributed by atoms with Crippen LogP contribution in [0, 0.1) is 26.8 Å². The molecule has 0 bridgehead atoms. The number of fused-ring (bicyclic) bond motifs is 1. The van der Waals surface area contributed by atoms with Crippen LogP contribution in [0.1, 0.15) is 15.9 Å². The molecule has 0 radical (unpaired) electrons. The Balaban J connectivity index is 1.78. The second-order valence-electron chi connectivity index (χ2n) is 6.55. The zero-order valence-corrected chi connectivity index (χ0v) is 18.6. The molecule has 2 N–H and O–H groups in total. The average Bonchev–Trinajstić information content (AvgIpc) is 3.15. The number of ketones is 1. The number of halogens is 5. The Labute approximate surface area is 191 Å². The monoisotopic (exact) mass is 575 g/mol. The molecule has 0 saturated carbocycles. The highest BCUT2D eigenvalue weighted by atomic mass is 127. The average molecular weight is 575 g/mol. The summed E-state index contributed by atoms with van der Waals surface area (Å²) < 4.78 is 84.2. The van der Waals surface area contributed by atoms with Gasteiger partial charge in [0.25, 0.3) is 10.0 Å². The van der Waals surface area contributed by atoms with Crippen LogP contribution in [0.3, 0.4) is 0 Å². The molecule has 2 aromatic heterocycles. The molecule has 0 fully saturated rings. The number of sulfonamides is 1. The number of nitrogens with zero attached hydrogens (tertiary/aromatic N) is 1. The molecular formula is C20H10F4IN3O3S. The Hall–Kier alpha value is -3.00. The zero-order chi connectivity index (χ0) is 23.2. The molecular weight excluding hydrogens is 565 g/mol. The molecule has 12 heteroatoms. The normalized spacial score (nSPS) is 11.7. The molecule has 2 aromatic carbocycles. The van der Waals surface area contributed by atoms with Crippen LogP contribution in [0.4, 0.5) is 23.2 Å². The first kappa shape index (κ1) is 22.2. The summed E-state index contributed by atoms with van der Waals surface area (Å²) in [5, 5.41) is 0.313. The highest BCUT2D eigenvalue weighted by molar-refractivity contribution is 14.1. The molecule has 32 heavy (non-hydrogen) atoms. The van der Waals surface area contributed by atoms with Crippen molar-refractivity contribution in [2.24, 2.45) is 0 Å². The fraction of sp³-hybridized carbons (Fsp3) is 0. The van der Waals surface area contributed by atoms with Gasteiger partial charge in [-0.3, -0.25) is 9.52 Å². The molecule has 2 heterocycles. The fourth-order valence-electron chi connectivity index (χ4n) is 3.02. The SMILES string of the molecule is O=C(c1c(F)ccc(NS(=O)(=O)c2cc(F)ccc2F)c1F)c1c[nH]c2ncc(I)cc12. The number of benzene rings is 2. The predicted octanol–water partition coefficient (Wildman–Crippen LogP) is 4.76. The zero-order valence-electron chi connectivity index (χ0n) is 15.6. The lowest BCUT2D eigenvalue weighted by Gasteiger charge is -2.12. The van der Waals surface area contributed by atoms with Crippen molar-refractivity contribution in [1.82, 2.24) is 9.97 Å². The van der Waals surface area contributed by atoms with Gasteiger partial charge in [-0.2, -0.15) is 0 Å². The highest BCUT2D eigenvalue weighted by Crippen LogP contribution is 2.29. The van der Waals surface area contributed by atoms with Crippen molar-refractivity contribution >= 4 is 55.1 Å². The lowest BCUT2D eigenvalue weighted by molar-refractivity contribution is 0.103. The van der Waals surface area contributed by atoms with Gasteiger partial charge in [0.1, 0.15) is 28.0 Å². The lowest BCUT2D eigenvalue weighted by Crippen LogP contribution is -2.17. The van der Waals surface area contributed by atoms with E-state index in [1.807, 2.05) is 22.6 Å². The summed E-state index contributed by atoms with van der Waals surface area (Å²) in [6.07, 6.45) is 2.75. The molecule has 0 aliphatic heterocycles. The van der Waals surface area contributed by atoms with E-state index in [2.05, 4.69) is 9.97 Å². The molecule has 4 aromatic rings. The van der Waals surface area contributed by atoms with Crippen molar-refractivity contribution < 1.29 is 30.8 Å². The molecule has 164 valence electrons. The van der Waals surface area contributed by atoms with Gasteiger partial charge in [-0.05, 0) is 59.0 Å². The number of hydrogen-bond acceptors (Lipinski definition) is 4. The van der Waals surface area contributed by atoms with Crippen LogP contribution in [-0.4, -0.2) is 24.2 Å². The third-order valence-corrected chi connectivity index (χ3v) is 6.46. The number of H-pyrrole nitrogens is 1. The van der Waals surface area contributed by atoms with E-state index >= 15 is 4.39 Å². The van der Waals surface area contributed by atoms with Gasteiger partial charge >= 0.3 is 0 Å². The Morgan fingerprint density at radius 1 is 1.03 bits per heavy atom. The maximum absolute atomic E-state index is 15.1. The van der Waals surface area contributed by atoms with Crippen molar-refractivity contribution in [2.75, 3.05) is 4.72 Å². The van der Waals surface area contributed by atoms with Gasteiger partial charge in [0, 0.05) is 26.9 Å². The minimum atomic E-state index is -4.79. The first-order chi connectivity index (χ1) is 15.1. The summed E-state index contributed by atoms with van der Waals surface area (Å²) in [5.41, 5.74) is -1.61. The van der Waals surface area contributed by atoms with Gasteiger partial charge < -0.3 is 4.98 Å². The summed E-state index contributed by atoms with van der Waals surface area (Å²) in [5.74, 6) is -6.12. The molecule has 6 nitrogen and oxygen atoms in total. The van der Waals surface area contributed by atoms with Crippen LogP contribution in [0.2, 0.25) is 0 Å². The third kappa shape index (κ3) is 3.95. The Morgan fingerprint density at radius 2 is 1.75 bits per heavy atom. The topological polar surface area (TPSA) is 91.9 Å². The molecule has 0 unspecified atom stereocenters. The van der Waals surface area contributed by atoms with Gasteiger partial charge in [-0.15, -0.1) is 0 Å². The second kappa shape index (κ2) is 8.16. The highest BCUT2D eigenvalue weighted by Gasteiger charge is 2.27. The van der Waals surface area contributed by atoms with E-state index in [1.165, 1.54) is 12.4 Å². The number of rotatable bonds is 5. The molecule has 0 aliphatic carbocycles. The number of hydrogen-bond donors (Lipinski definition) is 2.